The van der Waals surface area contributed by atoms with E-state index in [1.807, 2.05) is 24.3 Å². The number of methoxy groups -OCH3 is 1. The van der Waals surface area contributed by atoms with Crippen LogP contribution in [0.3, 0.4) is 0 Å². The third-order valence-corrected chi connectivity index (χ3v) is 3.31. The number of nitrogens with zero attached hydrogens (tertiary/aromatic N) is 1. The number of hydrogen-bond acceptors (Lipinski definition) is 2. The Balaban J connectivity index is 2.32. The van der Waals surface area contributed by atoms with Gasteiger partial charge in [-0.05, 0) is 30.5 Å². The van der Waals surface area contributed by atoms with Crippen LogP contribution in [0, 0.1) is 11.3 Å². The normalized spacial score (nSPS) is 18.4. The van der Waals surface area contributed by atoms with Crippen LogP contribution in [0.5, 0.6) is 5.75 Å². The van der Waals surface area contributed by atoms with E-state index < -0.39 is 0 Å². The molecule has 0 radical (unpaired) electrons. The Morgan fingerprint density at radius 3 is 2.27 bits per heavy atom. The molecule has 0 saturated heterocycles. The Kier molecular flexibility index (Phi) is 2.64. The predicted octanol–water partition coefficient (Wildman–Crippen LogP) is 3.03. The maximum absolute atomic E-state index is 9.32. The summed E-state index contributed by atoms with van der Waals surface area (Å²) in [6, 6.07) is 10.4. The highest BCUT2D eigenvalue weighted by Gasteiger charge is 2.35. The van der Waals surface area contributed by atoms with Gasteiger partial charge in [-0.3, -0.25) is 0 Å². The molecule has 78 valence electrons. The SMILES string of the molecule is COc1ccc(C2(C#N)CCCC2)cc1. The zero-order valence-corrected chi connectivity index (χ0v) is 8.99. The fraction of sp³-hybridized carbons (Fsp3) is 0.462. The van der Waals surface area contributed by atoms with E-state index in [2.05, 4.69) is 6.07 Å². The third kappa shape index (κ3) is 1.70. The van der Waals surface area contributed by atoms with Crippen molar-refractivity contribution >= 4 is 0 Å². The highest BCUT2D eigenvalue weighted by atomic mass is 16.5. The minimum atomic E-state index is -0.230. The molecule has 0 aromatic heterocycles. The predicted molar refractivity (Wildman–Crippen MR) is 58.8 cm³/mol. The van der Waals surface area contributed by atoms with Gasteiger partial charge in [0.1, 0.15) is 5.75 Å². The first-order chi connectivity index (χ1) is 7.30. The maximum Gasteiger partial charge on any atom is 0.118 e. The van der Waals surface area contributed by atoms with E-state index in [0.29, 0.717) is 0 Å². The van der Waals surface area contributed by atoms with Crippen LogP contribution in [0.2, 0.25) is 0 Å². The molecule has 1 aromatic carbocycles. The molecule has 15 heavy (non-hydrogen) atoms. The van der Waals surface area contributed by atoms with E-state index >= 15 is 0 Å². The topological polar surface area (TPSA) is 33.0 Å². The standard InChI is InChI=1S/C13H15NO/c1-15-12-6-4-11(5-7-12)13(10-14)8-2-3-9-13/h4-7H,2-3,8-9H2,1H3. The Bertz CT molecular complexity index is 369. The molecule has 2 rings (SSSR count). The summed E-state index contributed by atoms with van der Waals surface area (Å²) in [4.78, 5) is 0. The largest absolute Gasteiger partial charge is 0.497 e. The van der Waals surface area contributed by atoms with Crippen molar-refractivity contribution in [2.24, 2.45) is 0 Å². The second-order valence-corrected chi connectivity index (χ2v) is 4.13. The lowest BCUT2D eigenvalue weighted by Gasteiger charge is -2.20. The van der Waals surface area contributed by atoms with Gasteiger partial charge >= 0.3 is 0 Å². The first-order valence-electron chi connectivity index (χ1n) is 5.36. The summed E-state index contributed by atoms with van der Waals surface area (Å²) in [5, 5.41) is 9.32. The van der Waals surface area contributed by atoms with Gasteiger partial charge < -0.3 is 4.74 Å². The van der Waals surface area contributed by atoms with E-state index in [0.717, 1.165) is 24.2 Å². The van der Waals surface area contributed by atoms with Crippen molar-refractivity contribution in [3.05, 3.63) is 29.8 Å². The molecule has 1 fully saturated rings. The molecule has 1 aliphatic rings. The number of benzene rings is 1. The summed E-state index contributed by atoms with van der Waals surface area (Å²) in [7, 11) is 1.66. The molecule has 2 nitrogen and oxygen atoms in total. The lowest BCUT2D eigenvalue weighted by Crippen LogP contribution is -2.18. The zero-order chi connectivity index (χ0) is 10.7. The first kappa shape index (κ1) is 10.0. The van der Waals surface area contributed by atoms with E-state index in [1.54, 1.807) is 7.11 Å². The molecule has 0 heterocycles. The monoisotopic (exact) mass is 201 g/mol. The quantitative estimate of drug-likeness (QED) is 0.736. The van der Waals surface area contributed by atoms with Crippen molar-refractivity contribution < 1.29 is 4.74 Å². The van der Waals surface area contributed by atoms with Gasteiger partial charge in [-0.15, -0.1) is 0 Å². The van der Waals surface area contributed by atoms with Gasteiger partial charge in [0.15, 0.2) is 0 Å². The van der Waals surface area contributed by atoms with Crippen LogP contribution >= 0.6 is 0 Å². The summed E-state index contributed by atoms with van der Waals surface area (Å²) in [6.45, 7) is 0. The van der Waals surface area contributed by atoms with Crippen molar-refractivity contribution in [1.29, 1.82) is 5.26 Å². The molecule has 0 bridgehead atoms. The van der Waals surface area contributed by atoms with Gasteiger partial charge in [0.25, 0.3) is 0 Å². The van der Waals surface area contributed by atoms with Crippen LogP contribution in [0.1, 0.15) is 31.2 Å². The molecule has 0 amide bonds. The molecule has 0 atom stereocenters. The van der Waals surface area contributed by atoms with Crippen LogP contribution in [0.4, 0.5) is 0 Å². The van der Waals surface area contributed by atoms with Gasteiger partial charge in [0, 0.05) is 0 Å². The van der Waals surface area contributed by atoms with Crippen LogP contribution < -0.4 is 4.74 Å². The van der Waals surface area contributed by atoms with E-state index in [1.165, 1.54) is 12.8 Å². The zero-order valence-electron chi connectivity index (χ0n) is 8.99. The molecule has 0 unspecified atom stereocenters. The fourth-order valence-corrected chi connectivity index (χ4v) is 2.35. The average Bonchev–Trinajstić information content (AvgIpc) is 2.79. The molecule has 1 aliphatic carbocycles. The molecule has 1 saturated carbocycles. The number of nitriles is 1. The van der Waals surface area contributed by atoms with Crippen molar-refractivity contribution in [2.75, 3.05) is 7.11 Å². The number of hydrogen-bond donors (Lipinski definition) is 0. The minimum absolute atomic E-state index is 0.230. The number of ether oxygens (including phenoxy) is 1. The van der Waals surface area contributed by atoms with E-state index in [-0.39, 0.29) is 5.41 Å². The van der Waals surface area contributed by atoms with Crippen LogP contribution in [0.15, 0.2) is 24.3 Å². The van der Waals surface area contributed by atoms with Crippen LogP contribution in [-0.4, -0.2) is 7.11 Å². The molecule has 0 N–H and O–H groups in total. The molecule has 0 aliphatic heterocycles. The van der Waals surface area contributed by atoms with Crippen molar-refractivity contribution in [3.63, 3.8) is 0 Å². The van der Waals surface area contributed by atoms with Crippen LogP contribution in [0.25, 0.3) is 0 Å². The lowest BCUT2D eigenvalue weighted by molar-refractivity contribution is 0.414. The Hall–Kier alpha value is -1.49. The van der Waals surface area contributed by atoms with Gasteiger partial charge in [-0.25, -0.2) is 0 Å². The molecule has 2 heteroatoms. The first-order valence-corrected chi connectivity index (χ1v) is 5.36. The lowest BCUT2D eigenvalue weighted by atomic mass is 9.80. The van der Waals surface area contributed by atoms with Crippen LogP contribution in [-0.2, 0) is 5.41 Å². The van der Waals surface area contributed by atoms with Gasteiger partial charge in [-0.1, -0.05) is 25.0 Å². The van der Waals surface area contributed by atoms with Gasteiger partial charge in [0.2, 0.25) is 0 Å². The second-order valence-electron chi connectivity index (χ2n) is 4.13. The average molecular weight is 201 g/mol. The summed E-state index contributed by atoms with van der Waals surface area (Å²) in [5.41, 5.74) is 0.912. The summed E-state index contributed by atoms with van der Waals surface area (Å²) < 4.78 is 5.12. The summed E-state index contributed by atoms with van der Waals surface area (Å²) in [5.74, 6) is 0.852. The summed E-state index contributed by atoms with van der Waals surface area (Å²) >= 11 is 0. The molecular formula is C13H15NO. The van der Waals surface area contributed by atoms with E-state index in [4.69, 9.17) is 4.74 Å². The van der Waals surface area contributed by atoms with Gasteiger partial charge in [0.05, 0.1) is 18.6 Å². The second kappa shape index (κ2) is 3.94. The van der Waals surface area contributed by atoms with E-state index in [9.17, 15) is 5.26 Å². The van der Waals surface area contributed by atoms with Crippen molar-refractivity contribution in [1.82, 2.24) is 0 Å². The highest BCUT2D eigenvalue weighted by molar-refractivity contribution is 5.37. The summed E-state index contributed by atoms with van der Waals surface area (Å²) in [6.07, 6.45) is 4.32. The Labute approximate surface area is 90.5 Å². The number of rotatable bonds is 2. The minimum Gasteiger partial charge on any atom is -0.497 e. The Morgan fingerprint density at radius 2 is 1.80 bits per heavy atom. The smallest absolute Gasteiger partial charge is 0.118 e. The Morgan fingerprint density at radius 1 is 1.20 bits per heavy atom. The van der Waals surface area contributed by atoms with Crippen molar-refractivity contribution in [2.45, 2.75) is 31.1 Å². The molecule has 0 spiro atoms. The maximum atomic E-state index is 9.32. The fourth-order valence-electron chi connectivity index (χ4n) is 2.35. The highest BCUT2D eigenvalue weighted by Crippen LogP contribution is 2.40. The third-order valence-electron chi connectivity index (χ3n) is 3.31. The van der Waals surface area contributed by atoms with Crippen molar-refractivity contribution in [3.8, 4) is 11.8 Å². The molecular weight excluding hydrogens is 186 g/mol. The molecule has 1 aromatic rings. The van der Waals surface area contributed by atoms with Gasteiger partial charge in [-0.2, -0.15) is 5.26 Å².